The highest BCUT2D eigenvalue weighted by atomic mass is 79.9. The van der Waals surface area contributed by atoms with Crippen molar-refractivity contribution in [2.24, 2.45) is 0 Å². The lowest BCUT2D eigenvalue weighted by molar-refractivity contribution is 0.112. The molecule has 0 aromatic heterocycles. The molecule has 0 amide bonds. The van der Waals surface area contributed by atoms with Crippen LogP contribution in [0.2, 0.25) is 0 Å². The summed E-state index contributed by atoms with van der Waals surface area (Å²) in [5.74, 6) is 1.01. The number of hydrogen-bond donors (Lipinski definition) is 1. The number of hydrogen-bond acceptors (Lipinski definition) is 4. The second-order valence-corrected chi connectivity index (χ2v) is 3.80. The topological polar surface area (TPSA) is 55.8 Å². The summed E-state index contributed by atoms with van der Waals surface area (Å²) in [6, 6.07) is 3.26. The van der Waals surface area contributed by atoms with Crippen LogP contribution in [0.15, 0.2) is 16.6 Å². The van der Waals surface area contributed by atoms with Gasteiger partial charge in [-0.1, -0.05) is 0 Å². The van der Waals surface area contributed by atoms with Crippen molar-refractivity contribution in [2.75, 3.05) is 19.8 Å². The first kappa shape index (κ1) is 13.0. The van der Waals surface area contributed by atoms with Crippen LogP contribution in [-0.2, 0) is 0 Å². The molecule has 1 aromatic carbocycles. The number of aliphatic hydroxyl groups is 1. The summed E-state index contributed by atoms with van der Waals surface area (Å²) >= 11 is 3.26. The second-order valence-electron chi connectivity index (χ2n) is 2.94. The standard InChI is InChI=1S/C11H13BrO4/c1-2-15-10-5-8(7-14)9(12)6-11(10)16-4-3-13/h5-7,13H,2-4H2,1H3. The average molecular weight is 289 g/mol. The third kappa shape index (κ3) is 3.21. The Bertz CT molecular complexity index is 365. The maximum atomic E-state index is 10.7. The fourth-order valence-electron chi connectivity index (χ4n) is 1.18. The third-order valence-electron chi connectivity index (χ3n) is 1.84. The second kappa shape index (κ2) is 6.50. The van der Waals surface area contributed by atoms with Crippen LogP contribution in [0.4, 0.5) is 0 Å². The quantitative estimate of drug-likeness (QED) is 0.814. The van der Waals surface area contributed by atoms with E-state index in [0.717, 1.165) is 6.29 Å². The van der Waals surface area contributed by atoms with Gasteiger partial charge >= 0.3 is 0 Å². The van der Waals surface area contributed by atoms with Crippen molar-refractivity contribution >= 4 is 22.2 Å². The highest BCUT2D eigenvalue weighted by Crippen LogP contribution is 2.33. The zero-order valence-corrected chi connectivity index (χ0v) is 10.5. The summed E-state index contributed by atoms with van der Waals surface area (Å²) in [4.78, 5) is 10.7. The summed E-state index contributed by atoms with van der Waals surface area (Å²) < 4.78 is 11.3. The van der Waals surface area contributed by atoms with Gasteiger partial charge in [-0.05, 0) is 35.0 Å². The summed E-state index contributed by atoms with van der Waals surface area (Å²) in [6.07, 6.45) is 0.739. The Morgan fingerprint density at radius 2 is 2.06 bits per heavy atom. The summed E-state index contributed by atoms with van der Waals surface area (Å²) in [5.41, 5.74) is 0.500. The fraction of sp³-hybridized carbons (Fsp3) is 0.364. The Kier molecular flexibility index (Phi) is 5.28. The number of aliphatic hydroxyl groups excluding tert-OH is 1. The van der Waals surface area contributed by atoms with Gasteiger partial charge in [-0.3, -0.25) is 4.79 Å². The van der Waals surface area contributed by atoms with Crippen molar-refractivity contribution in [3.8, 4) is 11.5 Å². The van der Waals surface area contributed by atoms with Crippen LogP contribution in [0.25, 0.3) is 0 Å². The lowest BCUT2D eigenvalue weighted by Crippen LogP contribution is -2.04. The summed E-state index contributed by atoms with van der Waals surface area (Å²) in [7, 11) is 0. The number of rotatable bonds is 6. The molecule has 0 aliphatic carbocycles. The largest absolute Gasteiger partial charge is 0.490 e. The van der Waals surface area contributed by atoms with Gasteiger partial charge < -0.3 is 14.6 Å². The van der Waals surface area contributed by atoms with Crippen LogP contribution in [-0.4, -0.2) is 31.2 Å². The molecule has 0 unspecified atom stereocenters. The zero-order chi connectivity index (χ0) is 12.0. The lowest BCUT2D eigenvalue weighted by Gasteiger charge is -2.12. The van der Waals surface area contributed by atoms with Crippen LogP contribution in [0.3, 0.4) is 0 Å². The van der Waals surface area contributed by atoms with E-state index in [2.05, 4.69) is 15.9 Å². The van der Waals surface area contributed by atoms with Gasteiger partial charge in [0.15, 0.2) is 17.8 Å². The van der Waals surface area contributed by atoms with E-state index in [4.69, 9.17) is 14.6 Å². The third-order valence-corrected chi connectivity index (χ3v) is 2.53. The molecular formula is C11H13BrO4. The molecule has 1 rings (SSSR count). The molecule has 0 saturated carbocycles. The van der Waals surface area contributed by atoms with Crippen molar-refractivity contribution in [2.45, 2.75) is 6.92 Å². The van der Waals surface area contributed by atoms with Crippen molar-refractivity contribution in [3.63, 3.8) is 0 Å². The van der Waals surface area contributed by atoms with E-state index < -0.39 is 0 Å². The molecule has 5 heteroatoms. The van der Waals surface area contributed by atoms with E-state index in [9.17, 15) is 4.79 Å². The van der Waals surface area contributed by atoms with E-state index in [1.54, 1.807) is 12.1 Å². The SMILES string of the molecule is CCOc1cc(C=O)c(Br)cc1OCCO. The first-order chi connectivity index (χ1) is 7.72. The van der Waals surface area contributed by atoms with E-state index in [1.165, 1.54) is 0 Å². The number of benzene rings is 1. The highest BCUT2D eigenvalue weighted by Gasteiger charge is 2.10. The van der Waals surface area contributed by atoms with Crippen LogP contribution in [0.1, 0.15) is 17.3 Å². The molecule has 4 nitrogen and oxygen atoms in total. The molecule has 0 heterocycles. The van der Waals surface area contributed by atoms with Crippen LogP contribution < -0.4 is 9.47 Å². The number of carbonyl (C=O) groups is 1. The smallest absolute Gasteiger partial charge is 0.162 e. The molecule has 0 aliphatic heterocycles. The Morgan fingerprint density at radius 1 is 1.38 bits per heavy atom. The summed E-state index contributed by atoms with van der Waals surface area (Å²) in [5, 5.41) is 8.68. The van der Waals surface area contributed by atoms with Crippen LogP contribution in [0, 0.1) is 0 Å². The molecule has 16 heavy (non-hydrogen) atoms. The number of aldehydes is 1. The van der Waals surface area contributed by atoms with Gasteiger partial charge in [0.2, 0.25) is 0 Å². The summed E-state index contributed by atoms with van der Waals surface area (Å²) in [6.45, 7) is 2.44. The number of ether oxygens (including phenoxy) is 2. The van der Waals surface area contributed by atoms with Gasteiger partial charge in [0.05, 0.1) is 13.2 Å². The highest BCUT2D eigenvalue weighted by molar-refractivity contribution is 9.10. The van der Waals surface area contributed by atoms with Gasteiger partial charge in [0, 0.05) is 10.0 Å². The van der Waals surface area contributed by atoms with Gasteiger partial charge in [-0.2, -0.15) is 0 Å². The fourth-order valence-corrected chi connectivity index (χ4v) is 1.59. The molecule has 1 aromatic rings. The van der Waals surface area contributed by atoms with Crippen molar-refractivity contribution < 1.29 is 19.4 Å². The molecule has 0 saturated heterocycles. The molecule has 0 spiro atoms. The average Bonchev–Trinajstić information content (AvgIpc) is 2.29. The predicted octanol–water partition coefficient (Wildman–Crippen LogP) is 2.03. The molecule has 0 aliphatic rings. The molecule has 0 fully saturated rings. The minimum Gasteiger partial charge on any atom is -0.490 e. The van der Waals surface area contributed by atoms with Crippen molar-refractivity contribution in [1.29, 1.82) is 0 Å². The van der Waals surface area contributed by atoms with Gasteiger partial charge in [-0.25, -0.2) is 0 Å². The van der Waals surface area contributed by atoms with E-state index in [1.807, 2.05) is 6.92 Å². The Hall–Kier alpha value is -1.07. The molecule has 0 bridgehead atoms. The van der Waals surface area contributed by atoms with Crippen LogP contribution >= 0.6 is 15.9 Å². The van der Waals surface area contributed by atoms with Crippen LogP contribution in [0.5, 0.6) is 11.5 Å². The van der Waals surface area contributed by atoms with Gasteiger partial charge in [-0.15, -0.1) is 0 Å². The van der Waals surface area contributed by atoms with Gasteiger partial charge in [0.25, 0.3) is 0 Å². The first-order valence-corrected chi connectivity index (χ1v) is 5.67. The van der Waals surface area contributed by atoms with Crippen molar-refractivity contribution in [1.82, 2.24) is 0 Å². The van der Waals surface area contributed by atoms with Crippen molar-refractivity contribution in [3.05, 3.63) is 22.2 Å². The molecule has 0 radical (unpaired) electrons. The predicted molar refractivity (Wildman–Crippen MR) is 63.3 cm³/mol. The Morgan fingerprint density at radius 3 is 2.62 bits per heavy atom. The molecule has 1 N–H and O–H groups in total. The molecule has 0 atom stereocenters. The van der Waals surface area contributed by atoms with E-state index in [0.29, 0.717) is 28.1 Å². The number of carbonyl (C=O) groups excluding carboxylic acids is 1. The normalized spacial score (nSPS) is 9.94. The first-order valence-electron chi connectivity index (χ1n) is 4.88. The minimum absolute atomic E-state index is 0.0708. The minimum atomic E-state index is -0.0708. The maximum Gasteiger partial charge on any atom is 0.162 e. The van der Waals surface area contributed by atoms with E-state index >= 15 is 0 Å². The molecular weight excluding hydrogens is 276 g/mol. The number of halogens is 1. The molecule has 88 valence electrons. The zero-order valence-electron chi connectivity index (χ0n) is 8.90. The Labute approximate surface area is 102 Å². The monoisotopic (exact) mass is 288 g/mol. The van der Waals surface area contributed by atoms with E-state index in [-0.39, 0.29) is 13.2 Å². The maximum absolute atomic E-state index is 10.7. The lowest BCUT2D eigenvalue weighted by atomic mass is 10.2. The Balaban J connectivity index is 3.03. The van der Waals surface area contributed by atoms with Gasteiger partial charge in [0.1, 0.15) is 6.61 Å².